The Morgan fingerprint density at radius 1 is 1.06 bits per heavy atom. The summed E-state index contributed by atoms with van der Waals surface area (Å²) >= 11 is 13.4. The van der Waals surface area contributed by atoms with Gasteiger partial charge in [-0.15, -0.1) is 23.2 Å². The molecule has 0 aromatic heterocycles. The van der Waals surface area contributed by atoms with Crippen LogP contribution in [-0.4, -0.2) is 33.8 Å². The molecule has 2 aromatic rings. The van der Waals surface area contributed by atoms with E-state index in [0.29, 0.717) is 0 Å². The zero-order valence-corrected chi connectivity index (χ0v) is 19.2. The molecular weight excluding hydrogens is 520 g/mol. The summed E-state index contributed by atoms with van der Waals surface area (Å²) in [7, 11) is 1.25. The van der Waals surface area contributed by atoms with Gasteiger partial charge in [-0.3, -0.25) is 9.59 Å². The highest BCUT2D eigenvalue weighted by molar-refractivity contribution is 6.58. The van der Waals surface area contributed by atoms with Crippen LogP contribution in [0.5, 0.6) is 11.5 Å². The molecule has 3 atom stereocenters. The molecule has 1 saturated heterocycles. The molecule has 0 saturated carbocycles. The summed E-state index contributed by atoms with van der Waals surface area (Å²) in [5.41, 5.74) is -1.32. The molecule has 1 heterocycles. The number of fused-ring (bicyclic) bond motifs is 1. The average Bonchev–Trinajstić information content (AvgIpc) is 2.99. The Morgan fingerprint density at radius 3 is 2.17 bits per heavy atom. The van der Waals surface area contributed by atoms with E-state index >= 15 is 0 Å². The summed E-state index contributed by atoms with van der Waals surface area (Å²) in [5, 5.41) is 9.95. The number of carbonyl (C=O) groups excluding carboxylic acids is 2. The Morgan fingerprint density at radius 2 is 1.63 bits per heavy atom. The molecule has 0 radical (unpaired) electrons. The first kappa shape index (κ1) is 25.0. The molecular formula is C23H14Cl2F5NO4. The Labute approximate surface area is 205 Å². The number of benzene rings is 2. The maximum absolute atomic E-state index is 14.6. The highest BCUT2D eigenvalue weighted by Gasteiger charge is 2.73. The molecule has 0 spiro atoms. The van der Waals surface area contributed by atoms with Gasteiger partial charge in [-0.2, -0.15) is 0 Å². The van der Waals surface area contributed by atoms with E-state index in [1.807, 2.05) is 0 Å². The molecule has 0 bridgehead atoms. The van der Waals surface area contributed by atoms with Crippen LogP contribution in [0.15, 0.2) is 42.5 Å². The predicted molar refractivity (Wildman–Crippen MR) is 116 cm³/mol. The Balaban J connectivity index is 1.99. The van der Waals surface area contributed by atoms with Crippen molar-refractivity contribution in [2.24, 2.45) is 0 Å². The summed E-state index contributed by atoms with van der Waals surface area (Å²) < 4.78 is 75.7. The van der Waals surface area contributed by atoms with E-state index in [2.05, 4.69) is 6.58 Å². The van der Waals surface area contributed by atoms with Gasteiger partial charge in [0, 0.05) is 5.92 Å². The first-order valence-electron chi connectivity index (χ1n) is 9.84. The van der Waals surface area contributed by atoms with Crippen LogP contribution < -0.4 is 9.64 Å². The molecule has 1 fully saturated rings. The number of methoxy groups -OCH3 is 1. The van der Waals surface area contributed by atoms with Crippen LogP contribution in [-0.2, 0) is 9.59 Å². The van der Waals surface area contributed by atoms with Crippen LogP contribution in [0.1, 0.15) is 17.9 Å². The number of carbonyl (C=O) groups is 2. The first-order valence-corrected chi connectivity index (χ1v) is 10.6. The van der Waals surface area contributed by atoms with Gasteiger partial charge in [0.2, 0.25) is 5.82 Å². The molecule has 35 heavy (non-hydrogen) atoms. The van der Waals surface area contributed by atoms with E-state index in [0.717, 1.165) is 0 Å². The summed E-state index contributed by atoms with van der Waals surface area (Å²) in [6.07, 6.45) is 2.29. The second kappa shape index (κ2) is 8.23. The van der Waals surface area contributed by atoms with Gasteiger partial charge in [0.1, 0.15) is 5.69 Å². The minimum Gasteiger partial charge on any atom is -0.504 e. The van der Waals surface area contributed by atoms with E-state index in [4.69, 9.17) is 27.9 Å². The molecule has 2 amide bonds. The summed E-state index contributed by atoms with van der Waals surface area (Å²) in [6.45, 7) is 3.65. The van der Waals surface area contributed by atoms with Crippen molar-refractivity contribution in [3.63, 3.8) is 0 Å². The Bertz CT molecular complexity index is 1320. The minimum atomic E-state index is -2.49. The van der Waals surface area contributed by atoms with Crippen molar-refractivity contribution in [3.05, 3.63) is 77.2 Å². The number of allylic oxidation sites excluding steroid dienone is 3. The average molecular weight is 534 g/mol. The van der Waals surface area contributed by atoms with Crippen molar-refractivity contribution in [2.75, 3.05) is 12.0 Å². The molecule has 4 rings (SSSR count). The number of amides is 2. The van der Waals surface area contributed by atoms with Crippen molar-refractivity contribution >= 4 is 40.7 Å². The van der Waals surface area contributed by atoms with Crippen LogP contribution in [0.2, 0.25) is 0 Å². The smallest absolute Gasteiger partial charge is 0.258 e. The van der Waals surface area contributed by atoms with E-state index in [-0.39, 0.29) is 27.5 Å². The monoisotopic (exact) mass is 533 g/mol. The fourth-order valence-corrected chi connectivity index (χ4v) is 5.29. The van der Waals surface area contributed by atoms with Gasteiger partial charge in [0.15, 0.2) is 44.5 Å². The summed E-state index contributed by atoms with van der Waals surface area (Å²) in [5.74, 6) is -16.6. The topological polar surface area (TPSA) is 66.8 Å². The number of phenolic OH excluding ortho intramolecular Hbond substituents is 1. The standard InChI is InChI=1S/C23H14Cl2F5NO4/c1-3-9-6-7-22(24)20(33)31(19-17(29)15(27)14(26)16(28)18(19)30)21(34)23(22,25)13(9)10-4-5-11(32)12(8-10)35-2/h3-6,8,13,32H,1,7H2,2H3/t13-,22-,23+/m1/s1. The lowest BCUT2D eigenvalue weighted by molar-refractivity contribution is -0.122. The van der Waals surface area contributed by atoms with Crippen molar-refractivity contribution in [1.29, 1.82) is 0 Å². The second-order valence-corrected chi connectivity index (χ2v) is 9.10. The highest BCUT2D eigenvalue weighted by Crippen LogP contribution is 2.60. The van der Waals surface area contributed by atoms with Crippen molar-refractivity contribution < 1.29 is 41.4 Å². The Kier molecular flexibility index (Phi) is 5.88. The number of alkyl halides is 2. The number of ether oxygens (including phenoxy) is 1. The molecule has 1 aliphatic heterocycles. The quantitative estimate of drug-likeness (QED) is 0.192. The first-order chi connectivity index (χ1) is 16.4. The summed E-state index contributed by atoms with van der Waals surface area (Å²) in [4.78, 5) is 21.9. The van der Waals surface area contributed by atoms with Gasteiger partial charge in [-0.25, -0.2) is 26.9 Å². The van der Waals surface area contributed by atoms with Crippen molar-refractivity contribution in [1.82, 2.24) is 0 Å². The number of anilines is 1. The van der Waals surface area contributed by atoms with Gasteiger partial charge >= 0.3 is 0 Å². The Hall–Kier alpha value is -3.11. The number of aromatic hydroxyl groups is 1. The van der Waals surface area contributed by atoms with Crippen LogP contribution in [0.3, 0.4) is 0 Å². The molecule has 1 aliphatic carbocycles. The van der Waals surface area contributed by atoms with Crippen molar-refractivity contribution in [3.8, 4) is 11.5 Å². The lowest BCUT2D eigenvalue weighted by Crippen LogP contribution is -2.54. The normalized spacial score (nSPS) is 26.0. The van der Waals surface area contributed by atoms with E-state index < -0.39 is 68.7 Å². The second-order valence-electron chi connectivity index (χ2n) is 7.85. The number of imide groups is 1. The zero-order chi connectivity index (χ0) is 26.0. The number of hydrogen-bond acceptors (Lipinski definition) is 4. The van der Waals surface area contributed by atoms with Crippen LogP contribution in [0, 0.1) is 29.1 Å². The third-order valence-electron chi connectivity index (χ3n) is 6.17. The number of hydrogen-bond donors (Lipinski definition) is 1. The van der Waals surface area contributed by atoms with Gasteiger partial charge < -0.3 is 9.84 Å². The molecule has 0 unspecified atom stereocenters. The van der Waals surface area contributed by atoms with E-state index in [1.54, 1.807) is 0 Å². The van der Waals surface area contributed by atoms with Crippen LogP contribution in [0.25, 0.3) is 0 Å². The summed E-state index contributed by atoms with van der Waals surface area (Å²) in [6, 6.07) is 3.84. The lowest BCUT2D eigenvalue weighted by Gasteiger charge is -2.42. The number of halogens is 7. The van der Waals surface area contributed by atoms with Crippen LogP contribution >= 0.6 is 23.2 Å². The van der Waals surface area contributed by atoms with Gasteiger partial charge in [-0.05, 0) is 29.7 Å². The largest absolute Gasteiger partial charge is 0.504 e. The molecule has 5 nitrogen and oxygen atoms in total. The molecule has 2 aromatic carbocycles. The fourth-order valence-electron chi connectivity index (χ4n) is 4.44. The maximum atomic E-state index is 14.6. The highest BCUT2D eigenvalue weighted by atomic mass is 35.5. The zero-order valence-electron chi connectivity index (χ0n) is 17.6. The number of rotatable bonds is 4. The molecule has 1 N–H and O–H groups in total. The SMILES string of the molecule is C=CC1=CC[C@@]2(Cl)C(=O)N(c3c(F)c(F)c(F)c(F)c3F)C(=O)[C@@]2(Cl)[C@H]1c1ccc(O)c(OC)c1. The van der Waals surface area contributed by atoms with E-state index in [1.165, 1.54) is 37.5 Å². The predicted octanol–water partition coefficient (Wildman–Crippen LogP) is 5.22. The lowest BCUT2D eigenvalue weighted by atomic mass is 9.68. The number of phenols is 1. The van der Waals surface area contributed by atoms with Crippen LogP contribution in [0.4, 0.5) is 27.6 Å². The van der Waals surface area contributed by atoms with Gasteiger partial charge in [0.25, 0.3) is 11.8 Å². The van der Waals surface area contributed by atoms with Gasteiger partial charge in [-0.1, -0.05) is 24.8 Å². The van der Waals surface area contributed by atoms with E-state index in [9.17, 15) is 36.6 Å². The minimum absolute atomic E-state index is 0.0367. The fraction of sp³-hybridized carbons (Fsp3) is 0.217. The third kappa shape index (κ3) is 3.12. The van der Waals surface area contributed by atoms with Gasteiger partial charge in [0.05, 0.1) is 7.11 Å². The maximum Gasteiger partial charge on any atom is 0.258 e. The number of nitrogens with zero attached hydrogens (tertiary/aromatic N) is 1. The van der Waals surface area contributed by atoms with Crippen molar-refractivity contribution in [2.45, 2.75) is 22.1 Å². The molecule has 12 heteroatoms. The molecule has 2 aliphatic rings. The third-order valence-corrected chi connectivity index (χ3v) is 7.58. The molecule has 184 valence electrons.